The van der Waals surface area contributed by atoms with Crippen LogP contribution in [0, 0.1) is 11.8 Å². The second kappa shape index (κ2) is 18.6. The Labute approximate surface area is 195 Å². The molecule has 0 N–H and O–H groups in total. The molecule has 3 atom stereocenters. The summed E-state index contributed by atoms with van der Waals surface area (Å²) in [6.45, 7) is 9.02. The number of rotatable bonds is 19. The van der Waals surface area contributed by atoms with Crippen molar-refractivity contribution in [3.8, 4) is 0 Å². The molecule has 0 aromatic heterocycles. The zero-order chi connectivity index (χ0) is 23.4. The van der Waals surface area contributed by atoms with E-state index in [2.05, 4.69) is 26.5 Å². The van der Waals surface area contributed by atoms with E-state index in [9.17, 15) is 9.59 Å². The van der Waals surface area contributed by atoms with E-state index in [1.54, 1.807) is 12.2 Å². The third-order valence-corrected chi connectivity index (χ3v) is 5.91. The van der Waals surface area contributed by atoms with Gasteiger partial charge in [0.05, 0.1) is 6.10 Å². The molecule has 0 aliphatic heterocycles. The van der Waals surface area contributed by atoms with Gasteiger partial charge in [0.15, 0.2) is 5.78 Å². The smallest absolute Gasteiger partial charge is 0.331 e. The topological polar surface area (TPSA) is 52.6 Å². The van der Waals surface area contributed by atoms with Gasteiger partial charge in [-0.1, -0.05) is 82.9 Å². The first-order valence-corrected chi connectivity index (χ1v) is 12.6. The maximum atomic E-state index is 12.4. The molecule has 4 heteroatoms. The lowest BCUT2D eigenvalue weighted by Crippen LogP contribution is -2.20. The Bertz CT molecular complexity index is 617. The van der Waals surface area contributed by atoms with Gasteiger partial charge >= 0.3 is 5.97 Å². The molecule has 0 spiro atoms. The molecule has 0 amide bonds. The molecule has 0 unspecified atom stereocenters. The number of hydrogen-bond donors (Lipinski definition) is 0. The first-order chi connectivity index (χ1) is 15.6. The Morgan fingerprint density at radius 2 is 1.88 bits per heavy atom. The predicted octanol–water partition coefficient (Wildman–Crippen LogP) is 6.92. The third-order valence-electron chi connectivity index (χ3n) is 5.91. The van der Waals surface area contributed by atoms with Gasteiger partial charge in [-0.2, -0.15) is 0 Å². The summed E-state index contributed by atoms with van der Waals surface area (Å²) in [7, 11) is 0. The van der Waals surface area contributed by atoms with E-state index in [1.807, 2.05) is 12.2 Å². The Morgan fingerprint density at radius 1 is 1.09 bits per heavy atom. The minimum absolute atomic E-state index is 0.0672. The summed E-state index contributed by atoms with van der Waals surface area (Å²) >= 11 is 0. The van der Waals surface area contributed by atoms with Gasteiger partial charge in [0, 0.05) is 18.6 Å². The molecule has 1 rings (SSSR count). The van der Waals surface area contributed by atoms with Crippen LogP contribution in [0.25, 0.3) is 0 Å². The molecule has 180 valence electrons. The summed E-state index contributed by atoms with van der Waals surface area (Å²) in [5, 5.41) is 0. The van der Waals surface area contributed by atoms with Crippen LogP contribution in [0.15, 0.2) is 49.1 Å². The van der Waals surface area contributed by atoms with Crippen molar-refractivity contribution < 1.29 is 19.1 Å². The Balaban J connectivity index is 2.43. The quantitative estimate of drug-likeness (QED) is 0.0713. The van der Waals surface area contributed by atoms with Crippen molar-refractivity contribution in [2.75, 3.05) is 13.2 Å². The van der Waals surface area contributed by atoms with Gasteiger partial charge in [-0.3, -0.25) is 4.79 Å². The minimum Gasteiger partial charge on any atom is -0.458 e. The Hall–Kier alpha value is -1.94. The maximum absolute atomic E-state index is 12.4. The van der Waals surface area contributed by atoms with Gasteiger partial charge in [0.2, 0.25) is 0 Å². The second-order valence-electron chi connectivity index (χ2n) is 8.59. The molecular formula is C28H44O4. The highest BCUT2D eigenvalue weighted by Gasteiger charge is 2.29. The number of esters is 1. The summed E-state index contributed by atoms with van der Waals surface area (Å²) in [5.41, 5.74) is 0. The van der Waals surface area contributed by atoms with E-state index in [-0.39, 0.29) is 24.3 Å². The van der Waals surface area contributed by atoms with Crippen molar-refractivity contribution in [1.82, 2.24) is 0 Å². The average molecular weight is 445 g/mol. The van der Waals surface area contributed by atoms with E-state index < -0.39 is 0 Å². The first kappa shape index (κ1) is 28.1. The van der Waals surface area contributed by atoms with Crippen molar-refractivity contribution in [2.45, 2.75) is 90.6 Å². The second-order valence-corrected chi connectivity index (χ2v) is 8.59. The standard InChI is InChI=1S/C28H44O4/c1-4-7-11-15-25(31-23-14-8-5-2)20-18-24-19-21-27(29)26(24)16-12-9-10-13-17-28(30)32-22-6-3/h6,9-10,13,17,19,21,24-26H,3-5,7-8,11-12,14-16,18,20,22-23H2,1-2H3/t24-,25+,26+/m0/s1. The summed E-state index contributed by atoms with van der Waals surface area (Å²) in [4.78, 5) is 23.8. The Kier molecular flexibility index (Phi) is 16.3. The lowest BCUT2D eigenvalue weighted by atomic mass is 9.86. The van der Waals surface area contributed by atoms with Crippen molar-refractivity contribution in [3.63, 3.8) is 0 Å². The summed E-state index contributed by atoms with van der Waals surface area (Å²) in [5.74, 6) is 0.249. The minimum atomic E-state index is -0.379. The van der Waals surface area contributed by atoms with Crippen LogP contribution in [0.1, 0.15) is 84.5 Å². The van der Waals surface area contributed by atoms with Gasteiger partial charge < -0.3 is 9.47 Å². The van der Waals surface area contributed by atoms with Gasteiger partial charge in [-0.25, -0.2) is 4.79 Å². The third kappa shape index (κ3) is 12.8. The molecule has 0 aromatic rings. The molecule has 0 fully saturated rings. The molecule has 0 bridgehead atoms. The Morgan fingerprint density at radius 3 is 2.62 bits per heavy atom. The summed E-state index contributed by atoms with van der Waals surface area (Å²) in [6.07, 6.45) is 24.7. The zero-order valence-corrected chi connectivity index (χ0v) is 20.3. The van der Waals surface area contributed by atoms with Crippen molar-refractivity contribution >= 4 is 11.8 Å². The number of hydrogen-bond acceptors (Lipinski definition) is 4. The molecule has 1 aliphatic carbocycles. The molecule has 32 heavy (non-hydrogen) atoms. The largest absolute Gasteiger partial charge is 0.458 e. The molecule has 1 aliphatic rings. The fourth-order valence-corrected chi connectivity index (χ4v) is 4.03. The van der Waals surface area contributed by atoms with Gasteiger partial charge in [-0.15, -0.1) is 0 Å². The van der Waals surface area contributed by atoms with E-state index in [4.69, 9.17) is 9.47 Å². The molecule has 0 heterocycles. The maximum Gasteiger partial charge on any atom is 0.331 e. The number of allylic oxidation sites excluding steroid dienone is 5. The summed E-state index contributed by atoms with van der Waals surface area (Å²) < 4.78 is 11.1. The lowest BCUT2D eigenvalue weighted by Gasteiger charge is -2.22. The van der Waals surface area contributed by atoms with Crippen LogP contribution >= 0.6 is 0 Å². The van der Waals surface area contributed by atoms with Crippen LogP contribution in [0.4, 0.5) is 0 Å². The number of ketones is 1. The molecule has 0 saturated carbocycles. The monoisotopic (exact) mass is 444 g/mol. The van der Waals surface area contributed by atoms with E-state index in [0.29, 0.717) is 12.0 Å². The van der Waals surface area contributed by atoms with Crippen LogP contribution in [0.2, 0.25) is 0 Å². The van der Waals surface area contributed by atoms with Crippen molar-refractivity contribution in [2.24, 2.45) is 11.8 Å². The van der Waals surface area contributed by atoms with Gasteiger partial charge in [0.25, 0.3) is 0 Å². The number of ether oxygens (including phenoxy) is 2. The van der Waals surface area contributed by atoms with Crippen molar-refractivity contribution in [3.05, 3.63) is 49.1 Å². The van der Waals surface area contributed by atoms with Crippen LogP contribution in [-0.2, 0) is 19.1 Å². The number of carbonyl (C=O) groups is 2. The van der Waals surface area contributed by atoms with Crippen LogP contribution in [0.3, 0.4) is 0 Å². The highest BCUT2D eigenvalue weighted by atomic mass is 16.5. The lowest BCUT2D eigenvalue weighted by molar-refractivity contribution is -0.136. The molecule has 0 aromatic carbocycles. The zero-order valence-electron chi connectivity index (χ0n) is 20.3. The summed E-state index contributed by atoms with van der Waals surface area (Å²) in [6, 6.07) is 0. The normalized spacial score (nSPS) is 19.2. The number of unbranched alkanes of at least 4 members (excludes halogenated alkanes) is 4. The fraction of sp³-hybridized carbons (Fsp3) is 0.643. The van der Waals surface area contributed by atoms with Crippen molar-refractivity contribution in [1.29, 1.82) is 0 Å². The van der Waals surface area contributed by atoms with Gasteiger partial charge in [-0.05, 0) is 50.5 Å². The highest BCUT2D eigenvalue weighted by Crippen LogP contribution is 2.31. The molecule has 0 saturated heterocycles. The van der Waals surface area contributed by atoms with Gasteiger partial charge in [0.1, 0.15) is 6.61 Å². The first-order valence-electron chi connectivity index (χ1n) is 12.6. The van der Waals surface area contributed by atoms with E-state index in [0.717, 1.165) is 45.1 Å². The predicted molar refractivity (Wildman–Crippen MR) is 132 cm³/mol. The SMILES string of the molecule is C=CCOC(=O)C=CC=CCC[C@H]1C(=O)C=C[C@@H]1CC[C@@H](CCCCC)OCCCCC. The average Bonchev–Trinajstić information content (AvgIpc) is 3.14. The van der Waals surface area contributed by atoms with E-state index >= 15 is 0 Å². The number of carbonyl (C=O) groups excluding carboxylic acids is 2. The highest BCUT2D eigenvalue weighted by molar-refractivity contribution is 5.94. The molecule has 0 radical (unpaired) electrons. The molecule has 4 nitrogen and oxygen atoms in total. The van der Waals surface area contributed by atoms with Crippen LogP contribution < -0.4 is 0 Å². The van der Waals surface area contributed by atoms with E-state index in [1.165, 1.54) is 44.3 Å². The van der Waals surface area contributed by atoms with Crippen LogP contribution in [-0.4, -0.2) is 31.1 Å². The molecular weight excluding hydrogens is 400 g/mol. The fourth-order valence-electron chi connectivity index (χ4n) is 4.03. The van der Waals surface area contributed by atoms with Crippen LogP contribution in [0.5, 0.6) is 0 Å².